The number of carbonyl (C=O) groups excluding carboxylic acids is 3. The van der Waals surface area contributed by atoms with E-state index in [0.29, 0.717) is 19.4 Å². The molecule has 3 saturated heterocycles. The molecule has 0 spiro atoms. The number of ether oxygens (including phenoxy) is 2. The van der Waals surface area contributed by atoms with Crippen LogP contribution in [-0.4, -0.2) is 127 Å². The van der Waals surface area contributed by atoms with Crippen molar-refractivity contribution in [2.24, 2.45) is 11.3 Å². The van der Waals surface area contributed by atoms with Gasteiger partial charge >= 0.3 is 6.03 Å². The first-order valence-corrected chi connectivity index (χ1v) is 24.5. The summed E-state index contributed by atoms with van der Waals surface area (Å²) >= 11 is 1.60. The van der Waals surface area contributed by atoms with Gasteiger partial charge < -0.3 is 34.1 Å². The van der Waals surface area contributed by atoms with Crippen molar-refractivity contribution in [2.75, 3.05) is 78.0 Å². The third kappa shape index (κ3) is 10.3. The Bertz CT molecular complexity index is 2220. The lowest BCUT2D eigenvalue weighted by atomic mass is 9.84. The van der Waals surface area contributed by atoms with E-state index in [-0.39, 0.29) is 48.6 Å². The highest BCUT2D eigenvalue weighted by atomic mass is 32.1. The summed E-state index contributed by atoms with van der Waals surface area (Å²) in [6.45, 7) is 20.5. The van der Waals surface area contributed by atoms with Crippen LogP contribution in [0.4, 0.5) is 10.5 Å². The molecule has 3 amide bonds. The van der Waals surface area contributed by atoms with E-state index in [0.717, 1.165) is 140 Å². The van der Waals surface area contributed by atoms with Crippen LogP contribution in [0.5, 0.6) is 0 Å². The summed E-state index contributed by atoms with van der Waals surface area (Å²) < 4.78 is 13.8. The number of hydrogen-bond donors (Lipinski definition) is 2. The molecule has 64 heavy (non-hydrogen) atoms. The van der Waals surface area contributed by atoms with Crippen molar-refractivity contribution in [1.82, 2.24) is 40.1 Å². The summed E-state index contributed by atoms with van der Waals surface area (Å²) in [6, 6.07) is 9.09. The number of piperazine rings is 1. The molecule has 3 aromatic heterocycles. The lowest BCUT2D eigenvalue weighted by molar-refractivity contribution is -0.140. The molecule has 348 valence electrons. The van der Waals surface area contributed by atoms with E-state index in [4.69, 9.17) is 19.4 Å². The van der Waals surface area contributed by atoms with Crippen LogP contribution in [0.2, 0.25) is 0 Å². The number of fused-ring (bicyclic) bond motifs is 1. The zero-order valence-electron chi connectivity index (χ0n) is 39.5. The molecule has 6 heterocycles. The highest BCUT2D eigenvalue weighted by Gasteiger charge is 2.37. The molecule has 0 aliphatic carbocycles. The lowest BCUT2D eigenvalue weighted by Crippen LogP contribution is -2.57. The summed E-state index contributed by atoms with van der Waals surface area (Å²) in [4.78, 5) is 56.5. The van der Waals surface area contributed by atoms with Gasteiger partial charge in [-0.2, -0.15) is 0 Å². The number of aryl methyl sites for hydroxylation is 1. The fraction of sp³-hybridized carbons (Fsp3) is 0.612. The highest BCUT2D eigenvalue weighted by Crippen LogP contribution is 2.43. The molecule has 0 radical (unpaired) electrons. The van der Waals surface area contributed by atoms with Crippen LogP contribution in [-0.2, 0) is 32.0 Å². The molecule has 7 rings (SSSR count). The second-order valence-corrected chi connectivity index (χ2v) is 19.6. The molecule has 14 nitrogen and oxygen atoms in total. The van der Waals surface area contributed by atoms with Gasteiger partial charge in [-0.25, -0.2) is 15.2 Å². The average molecular weight is 898 g/mol. The number of nitrogens with one attached hydrogen (secondary N) is 2. The van der Waals surface area contributed by atoms with Crippen molar-refractivity contribution in [3.8, 4) is 22.5 Å². The Morgan fingerprint density at radius 2 is 1.88 bits per heavy atom. The first-order chi connectivity index (χ1) is 30.9. The van der Waals surface area contributed by atoms with Gasteiger partial charge in [-0.1, -0.05) is 40.2 Å². The molecular formula is C49H71N9O5S. The molecule has 0 unspecified atom stereocenters. The standard InChI is InChI=1S/C49H71N9O5S/c1-9-14-37(41(47(60)58-19-13-12-18-52-58)29-51-48(61)57-20-17-35(57)10-2)46-53-42(30-64-46)34-15-16-43-38(25-34)40(27-49(5,6)31-63-32-59)45(56(43)11-3)39-26-36(28-50-44(39)33(4)62-8)55-23-21-54(7)22-24-55/h15-16,25-26,28,30,32-33,35,37,41,52H,9-14,17-24,27,29,31H2,1-8H3,(H,51,61)/t33-,35+,37-,41-/m0/s1. The molecule has 2 N–H and O–H groups in total. The number of urea groups is 1. The minimum absolute atomic E-state index is 0.0138. The van der Waals surface area contributed by atoms with Crippen molar-refractivity contribution in [2.45, 2.75) is 111 Å². The molecule has 3 fully saturated rings. The number of pyridine rings is 1. The average Bonchev–Trinajstić information content (AvgIpc) is 3.90. The van der Waals surface area contributed by atoms with Crippen molar-refractivity contribution in [1.29, 1.82) is 0 Å². The summed E-state index contributed by atoms with van der Waals surface area (Å²) in [6.07, 6.45) is 7.93. The number of anilines is 1. The third-order valence-electron chi connectivity index (χ3n) is 13.7. The maximum Gasteiger partial charge on any atom is 0.317 e. The number of carbonyl (C=O) groups is 3. The molecule has 3 aliphatic heterocycles. The zero-order chi connectivity index (χ0) is 45.5. The summed E-state index contributed by atoms with van der Waals surface area (Å²) in [7, 11) is 3.90. The van der Waals surface area contributed by atoms with Crippen molar-refractivity contribution in [3.05, 3.63) is 52.1 Å². The number of thiazole rings is 1. The van der Waals surface area contributed by atoms with E-state index >= 15 is 0 Å². The summed E-state index contributed by atoms with van der Waals surface area (Å²) in [5.74, 6) is -0.634. The Balaban J connectivity index is 1.31. The van der Waals surface area contributed by atoms with Crippen molar-refractivity contribution in [3.63, 3.8) is 0 Å². The SMILES string of the molecule is CCC[C@H](c1nc(-c2ccc3c(c2)c(CC(C)(C)COC=O)c(-c2cc(N4CCN(C)CC4)cnc2[C@H](C)OC)n3CC)cs1)[C@H](CNC(=O)N1CC[C@H]1CC)C(=O)N1CCCCN1. The normalized spacial score (nSPS) is 18.8. The Labute approximate surface area is 384 Å². The molecule has 4 aromatic rings. The summed E-state index contributed by atoms with van der Waals surface area (Å²) in [5, 5.41) is 9.08. The Morgan fingerprint density at radius 3 is 2.53 bits per heavy atom. The van der Waals surface area contributed by atoms with Gasteiger partial charge in [0.1, 0.15) is 0 Å². The van der Waals surface area contributed by atoms with Gasteiger partial charge in [0.2, 0.25) is 5.91 Å². The second-order valence-electron chi connectivity index (χ2n) is 18.8. The predicted molar refractivity (Wildman–Crippen MR) is 255 cm³/mol. The Morgan fingerprint density at radius 1 is 1.08 bits per heavy atom. The number of hydrazine groups is 1. The number of aromatic nitrogens is 3. The number of methoxy groups -OCH3 is 1. The number of amides is 3. The monoisotopic (exact) mass is 898 g/mol. The topological polar surface area (TPSA) is 137 Å². The number of likely N-dealkylation sites (N-methyl/N-ethyl adjacent to an activating group) is 1. The van der Waals surface area contributed by atoms with Crippen LogP contribution in [0.15, 0.2) is 35.8 Å². The van der Waals surface area contributed by atoms with E-state index in [2.05, 4.69) is 103 Å². The second kappa shape index (κ2) is 21.2. The van der Waals surface area contributed by atoms with Crippen molar-refractivity contribution < 1.29 is 23.9 Å². The number of benzene rings is 1. The maximum absolute atomic E-state index is 14.4. The molecule has 4 atom stereocenters. The van der Waals surface area contributed by atoms with Crippen LogP contribution in [0.25, 0.3) is 33.4 Å². The van der Waals surface area contributed by atoms with Gasteiger partial charge in [0.15, 0.2) is 0 Å². The van der Waals surface area contributed by atoms with Gasteiger partial charge in [-0.3, -0.25) is 19.6 Å². The zero-order valence-corrected chi connectivity index (χ0v) is 40.3. The first-order valence-electron chi connectivity index (χ1n) is 23.6. The smallest absolute Gasteiger partial charge is 0.317 e. The molecule has 1 aromatic carbocycles. The number of likely N-dealkylation sites (tertiary alicyclic amines) is 1. The van der Waals surface area contributed by atoms with E-state index in [1.54, 1.807) is 23.5 Å². The van der Waals surface area contributed by atoms with Gasteiger partial charge in [-0.05, 0) is 83.2 Å². The number of hydrogen-bond acceptors (Lipinski definition) is 11. The van der Waals surface area contributed by atoms with Crippen LogP contribution in [0.1, 0.15) is 108 Å². The molecule has 0 saturated carbocycles. The molecule has 0 bridgehead atoms. The first kappa shape index (κ1) is 47.4. The predicted octanol–water partition coefficient (Wildman–Crippen LogP) is 7.87. The molecular weight excluding hydrogens is 827 g/mol. The van der Waals surface area contributed by atoms with Crippen molar-refractivity contribution >= 4 is 46.3 Å². The maximum atomic E-state index is 14.4. The quantitative estimate of drug-likeness (QED) is 0.0896. The van der Waals surface area contributed by atoms with E-state index < -0.39 is 5.92 Å². The third-order valence-corrected chi connectivity index (χ3v) is 14.7. The minimum atomic E-state index is -0.472. The Kier molecular flexibility index (Phi) is 15.7. The summed E-state index contributed by atoms with van der Waals surface area (Å²) in [5.41, 5.74) is 11.1. The highest BCUT2D eigenvalue weighted by molar-refractivity contribution is 7.10. The van der Waals surface area contributed by atoms with E-state index in [9.17, 15) is 14.4 Å². The Hall–Kier alpha value is -4.57. The molecule has 3 aliphatic rings. The lowest BCUT2D eigenvalue weighted by Gasteiger charge is -2.41. The largest absolute Gasteiger partial charge is 0.467 e. The van der Waals surface area contributed by atoms with Crippen LogP contribution in [0, 0.1) is 11.3 Å². The minimum Gasteiger partial charge on any atom is -0.467 e. The number of nitrogens with zero attached hydrogens (tertiary/aromatic N) is 7. The van der Waals surface area contributed by atoms with E-state index in [1.165, 1.54) is 0 Å². The van der Waals surface area contributed by atoms with Crippen LogP contribution >= 0.6 is 11.3 Å². The van der Waals surface area contributed by atoms with Crippen LogP contribution in [0.3, 0.4) is 0 Å². The van der Waals surface area contributed by atoms with Gasteiger partial charge in [-0.15, -0.1) is 11.3 Å². The fourth-order valence-electron chi connectivity index (χ4n) is 9.82. The van der Waals surface area contributed by atoms with Gasteiger partial charge in [0.05, 0.1) is 52.6 Å². The fourth-order valence-corrected chi connectivity index (χ4v) is 10.9. The number of rotatable bonds is 19. The van der Waals surface area contributed by atoms with E-state index in [1.807, 2.05) is 11.1 Å². The van der Waals surface area contributed by atoms with Crippen LogP contribution < -0.4 is 15.6 Å². The molecule has 15 heteroatoms. The van der Waals surface area contributed by atoms with Gasteiger partial charge in [0, 0.05) is 111 Å². The van der Waals surface area contributed by atoms with Gasteiger partial charge in [0.25, 0.3) is 6.47 Å².